The number of nitrogens with zero attached hydrogens (tertiary/aromatic N) is 1. The van der Waals surface area contributed by atoms with Crippen LogP contribution in [0.4, 0.5) is 0 Å². The Labute approximate surface area is 125 Å². The lowest BCUT2D eigenvalue weighted by atomic mass is 9.97. The van der Waals surface area contributed by atoms with Crippen molar-refractivity contribution in [1.29, 1.82) is 0 Å². The van der Waals surface area contributed by atoms with Gasteiger partial charge in [0.05, 0.1) is 12.7 Å². The van der Waals surface area contributed by atoms with E-state index in [0.717, 1.165) is 25.6 Å². The summed E-state index contributed by atoms with van der Waals surface area (Å²) in [6.45, 7) is 6.70. The minimum absolute atomic E-state index is 0. The molecule has 108 valence electrons. The van der Waals surface area contributed by atoms with Gasteiger partial charge in [-0.3, -0.25) is 4.90 Å². The molecule has 0 aliphatic carbocycles. The van der Waals surface area contributed by atoms with Crippen molar-refractivity contribution in [3.8, 4) is 0 Å². The van der Waals surface area contributed by atoms with Crippen LogP contribution in [-0.2, 0) is 4.74 Å². The first-order valence-corrected chi connectivity index (χ1v) is 7.93. The van der Waals surface area contributed by atoms with Crippen LogP contribution in [0.15, 0.2) is 16.8 Å². The Morgan fingerprint density at radius 1 is 1.37 bits per heavy atom. The first-order chi connectivity index (χ1) is 8.92. The van der Waals surface area contributed by atoms with Crippen LogP contribution in [0.3, 0.4) is 0 Å². The zero-order valence-corrected chi connectivity index (χ0v) is 12.8. The highest BCUT2D eigenvalue weighted by Crippen LogP contribution is 2.25. The van der Waals surface area contributed by atoms with E-state index in [1.807, 2.05) is 0 Å². The molecule has 1 aromatic heterocycles. The molecule has 5 heteroatoms. The van der Waals surface area contributed by atoms with E-state index >= 15 is 0 Å². The predicted molar refractivity (Wildman–Crippen MR) is 82.3 cm³/mol. The van der Waals surface area contributed by atoms with Gasteiger partial charge in [0.25, 0.3) is 0 Å². The molecule has 2 aliphatic rings. The molecular formula is C14H23ClN2OS. The number of hydrogen-bond acceptors (Lipinski definition) is 4. The smallest absolute Gasteiger partial charge is 0.0960 e. The van der Waals surface area contributed by atoms with E-state index in [0.29, 0.717) is 6.10 Å². The average Bonchev–Trinajstić information content (AvgIpc) is 2.94. The molecule has 19 heavy (non-hydrogen) atoms. The van der Waals surface area contributed by atoms with Crippen molar-refractivity contribution in [3.05, 3.63) is 22.4 Å². The van der Waals surface area contributed by atoms with Crippen molar-refractivity contribution in [3.63, 3.8) is 0 Å². The topological polar surface area (TPSA) is 24.5 Å². The molecule has 0 radical (unpaired) electrons. The van der Waals surface area contributed by atoms with Gasteiger partial charge in [-0.05, 0) is 54.2 Å². The molecule has 3 rings (SSSR count). The van der Waals surface area contributed by atoms with Gasteiger partial charge in [-0.1, -0.05) is 0 Å². The Hall–Kier alpha value is -0.130. The van der Waals surface area contributed by atoms with Crippen molar-refractivity contribution < 1.29 is 4.74 Å². The van der Waals surface area contributed by atoms with E-state index < -0.39 is 0 Å². The van der Waals surface area contributed by atoms with Crippen LogP contribution in [0.25, 0.3) is 0 Å². The molecule has 1 atom stereocenters. The molecule has 1 aromatic rings. The molecule has 0 aromatic carbocycles. The largest absolute Gasteiger partial charge is 0.371 e. The summed E-state index contributed by atoms with van der Waals surface area (Å²) in [5.41, 5.74) is 1.36. The summed E-state index contributed by atoms with van der Waals surface area (Å²) in [6.07, 6.45) is 2.97. The van der Waals surface area contributed by atoms with E-state index in [9.17, 15) is 0 Å². The fraction of sp³-hybridized carbons (Fsp3) is 0.714. The number of halogens is 1. The summed E-state index contributed by atoms with van der Waals surface area (Å²) in [7, 11) is 0. The van der Waals surface area contributed by atoms with E-state index in [-0.39, 0.29) is 12.4 Å². The lowest BCUT2D eigenvalue weighted by molar-refractivity contribution is -0.0354. The first-order valence-electron chi connectivity index (χ1n) is 6.98. The average molecular weight is 303 g/mol. The Bertz CT molecular complexity index is 354. The summed E-state index contributed by atoms with van der Waals surface area (Å²) < 4.78 is 5.89. The minimum atomic E-state index is 0. The maximum Gasteiger partial charge on any atom is 0.0960 e. The maximum absolute atomic E-state index is 5.89. The van der Waals surface area contributed by atoms with Gasteiger partial charge < -0.3 is 10.1 Å². The van der Waals surface area contributed by atoms with Gasteiger partial charge in [-0.15, -0.1) is 12.4 Å². The normalized spacial score (nSPS) is 26.0. The van der Waals surface area contributed by atoms with E-state index in [1.54, 1.807) is 11.3 Å². The monoisotopic (exact) mass is 302 g/mol. The van der Waals surface area contributed by atoms with Crippen molar-refractivity contribution >= 4 is 23.7 Å². The third-order valence-corrected chi connectivity index (χ3v) is 4.74. The van der Waals surface area contributed by atoms with Crippen molar-refractivity contribution in [2.45, 2.75) is 18.9 Å². The fourth-order valence-corrected chi connectivity index (χ4v) is 3.66. The SMILES string of the molecule is Cl.c1cc(C2CN(CC3CCNCC3)CCO2)cs1. The summed E-state index contributed by atoms with van der Waals surface area (Å²) in [5.74, 6) is 0.882. The highest BCUT2D eigenvalue weighted by molar-refractivity contribution is 7.07. The Morgan fingerprint density at radius 2 is 2.21 bits per heavy atom. The standard InChI is InChI=1S/C14H22N2OS.ClH/c1-4-15-5-2-12(1)9-16-6-7-17-14(10-16)13-3-8-18-11-13;/h3,8,11-12,14-15H,1-2,4-7,9-10H2;1H. The molecule has 3 nitrogen and oxygen atoms in total. The Kier molecular flexibility index (Phi) is 6.10. The van der Waals surface area contributed by atoms with Gasteiger partial charge in [0.1, 0.15) is 0 Å². The third-order valence-electron chi connectivity index (χ3n) is 4.04. The molecule has 2 aliphatic heterocycles. The number of hydrogen-bond donors (Lipinski definition) is 1. The van der Waals surface area contributed by atoms with Crippen molar-refractivity contribution in [1.82, 2.24) is 10.2 Å². The van der Waals surface area contributed by atoms with Gasteiger partial charge in [-0.25, -0.2) is 0 Å². The number of thiophene rings is 1. The van der Waals surface area contributed by atoms with Crippen LogP contribution in [0, 0.1) is 5.92 Å². The molecule has 0 spiro atoms. The van der Waals surface area contributed by atoms with Crippen molar-refractivity contribution in [2.24, 2.45) is 5.92 Å². The molecule has 3 heterocycles. The van der Waals surface area contributed by atoms with Crippen LogP contribution >= 0.6 is 23.7 Å². The second kappa shape index (κ2) is 7.60. The van der Waals surface area contributed by atoms with Gasteiger partial charge in [0.2, 0.25) is 0 Å². The van der Waals surface area contributed by atoms with E-state index in [2.05, 4.69) is 27.0 Å². The summed E-state index contributed by atoms with van der Waals surface area (Å²) in [4.78, 5) is 2.60. The first kappa shape index (κ1) is 15.3. The van der Waals surface area contributed by atoms with E-state index in [1.165, 1.54) is 38.0 Å². The summed E-state index contributed by atoms with van der Waals surface area (Å²) >= 11 is 1.76. The van der Waals surface area contributed by atoms with Crippen LogP contribution in [0.2, 0.25) is 0 Å². The van der Waals surface area contributed by atoms with Gasteiger partial charge in [0, 0.05) is 19.6 Å². The molecule has 0 saturated carbocycles. The molecule has 2 saturated heterocycles. The van der Waals surface area contributed by atoms with Crippen LogP contribution in [0.5, 0.6) is 0 Å². The van der Waals surface area contributed by atoms with Crippen LogP contribution in [-0.4, -0.2) is 44.2 Å². The molecule has 0 bridgehead atoms. The maximum atomic E-state index is 5.89. The van der Waals surface area contributed by atoms with Gasteiger partial charge >= 0.3 is 0 Å². The number of morpholine rings is 1. The Balaban J connectivity index is 0.00000133. The van der Waals surface area contributed by atoms with Crippen LogP contribution < -0.4 is 5.32 Å². The fourth-order valence-electron chi connectivity index (χ4n) is 2.96. The highest BCUT2D eigenvalue weighted by atomic mass is 35.5. The molecular weight excluding hydrogens is 280 g/mol. The highest BCUT2D eigenvalue weighted by Gasteiger charge is 2.24. The number of nitrogens with one attached hydrogen (secondary N) is 1. The summed E-state index contributed by atoms with van der Waals surface area (Å²) in [5, 5.41) is 7.81. The van der Waals surface area contributed by atoms with Gasteiger partial charge in [0.15, 0.2) is 0 Å². The van der Waals surface area contributed by atoms with Crippen molar-refractivity contribution in [2.75, 3.05) is 39.3 Å². The second-order valence-electron chi connectivity index (χ2n) is 5.37. The number of ether oxygens (including phenoxy) is 1. The lowest BCUT2D eigenvalue weighted by Gasteiger charge is -2.36. The molecule has 1 unspecified atom stereocenters. The Morgan fingerprint density at radius 3 is 2.95 bits per heavy atom. The summed E-state index contributed by atoms with van der Waals surface area (Å²) in [6, 6.07) is 2.20. The molecule has 1 N–H and O–H groups in total. The number of piperidine rings is 1. The zero-order chi connectivity index (χ0) is 12.2. The van der Waals surface area contributed by atoms with Crippen LogP contribution in [0.1, 0.15) is 24.5 Å². The zero-order valence-electron chi connectivity index (χ0n) is 11.2. The quantitative estimate of drug-likeness (QED) is 0.929. The third kappa shape index (κ3) is 4.17. The second-order valence-corrected chi connectivity index (χ2v) is 6.15. The predicted octanol–water partition coefficient (Wildman–Crippen LogP) is 2.54. The molecule has 2 fully saturated rings. The number of rotatable bonds is 3. The lowest BCUT2D eigenvalue weighted by Crippen LogP contribution is -2.42. The van der Waals surface area contributed by atoms with Gasteiger partial charge in [-0.2, -0.15) is 11.3 Å². The molecule has 0 amide bonds. The minimum Gasteiger partial charge on any atom is -0.371 e. The van der Waals surface area contributed by atoms with E-state index in [4.69, 9.17) is 4.74 Å².